The van der Waals surface area contributed by atoms with Crippen LogP contribution in [0.15, 0.2) is 36.5 Å². The van der Waals surface area contributed by atoms with Crippen LogP contribution in [-0.4, -0.2) is 17.4 Å². The standard InChI is InChI=1S/C16H17N3O.2ClH/c1-11-4-2-9-18-15(11)16(20)19-13-6-7-14-12(10-13)5-3-8-17-14;;/h2,4,6-7,9-10,17H,3,5,8H2,1H3,(H,19,20);2*1H. The van der Waals surface area contributed by atoms with Gasteiger partial charge in [0.1, 0.15) is 5.69 Å². The van der Waals surface area contributed by atoms with Gasteiger partial charge in [0.2, 0.25) is 0 Å². The Labute approximate surface area is 142 Å². The van der Waals surface area contributed by atoms with Gasteiger partial charge in [0.05, 0.1) is 0 Å². The molecule has 1 aliphatic heterocycles. The molecule has 2 N–H and O–H groups in total. The summed E-state index contributed by atoms with van der Waals surface area (Å²) in [5.41, 5.74) is 4.60. The Hall–Kier alpha value is -1.78. The number of halogens is 2. The summed E-state index contributed by atoms with van der Waals surface area (Å²) in [6.45, 7) is 2.91. The summed E-state index contributed by atoms with van der Waals surface area (Å²) in [6.07, 6.45) is 3.82. The van der Waals surface area contributed by atoms with Crippen molar-refractivity contribution in [3.8, 4) is 0 Å². The number of carbonyl (C=O) groups is 1. The second kappa shape index (κ2) is 8.01. The number of nitrogens with one attached hydrogen (secondary N) is 2. The lowest BCUT2D eigenvalue weighted by Crippen LogP contribution is -2.16. The Morgan fingerprint density at radius 1 is 1.27 bits per heavy atom. The molecule has 0 saturated heterocycles. The number of amides is 1. The molecule has 3 rings (SSSR count). The lowest BCUT2D eigenvalue weighted by Gasteiger charge is -2.18. The number of nitrogens with zero attached hydrogens (tertiary/aromatic N) is 1. The molecule has 4 nitrogen and oxygen atoms in total. The quantitative estimate of drug-likeness (QED) is 0.873. The van der Waals surface area contributed by atoms with Crippen molar-refractivity contribution in [2.24, 2.45) is 0 Å². The zero-order chi connectivity index (χ0) is 13.9. The van der Waals surface area contributed by atoms with Gasteiger partial charge in [-0.15, -0.1) is 24.8 Å². The van der Waals surface area contributed by atoms with E-state index >= 15 is 0 Å². The topological polar surface area (TPSA) is 54.0 Å². The van der Waals surface area contributed by atoms with Crippen molar-refractivity contribution >= 4 is 42.1 Å². The summed E-state index contributed by atoms with van der Waals surface area (Å²) in [6, 6.07) is 9.70. The zero-order valence-electron chi connectivity index (χ0n) is 12.3. The molecule has 1 aromatic carbocycles. The van der Waals surface area contributed by atoms with Crippen LogP contribution in [0.25, 0.3) is 0 Å². The predicted molar refractivity (Wildman–Crippen MR) is 94.7 cm³/mol. The molecule has 0 spiro atoms. The van der Waals surface area contributed by atoms with Crippen LogP contribution in [-0.2, 0) is 6.42 Å². The lowest BCUT2D eigenvalue weighted by atomic mass is 10.0. The molecule has 0 aliphatic carbocycles. The molecule has 0 atom stereocenters. The lowest BCUT2D eigenvalue weighted by molar-refractivity contribution is 0.102. The molecule has 0 bridgehead atoms. The van der Waals surface area contributed by atoms with E-state index in [-0.39, 0.29) is 30.7 Å². The van der Waals surface area contributed by atoms with Gasteiger partial charge in [0.15, 0.2) is 0 Å². The number of benzene rings is 1. The maximum Gasteiger partial charge on any atom is 0.274 e. The first-order valence-corrected chi connectivity index (χ1v) is 6.84. The van der Waals surface area contributed by atoms with Crippen molar-refractivity contribution in [2.75, 3.05) is 17.2 Å². The van der Waals surface area contributed by atoms with E-state index in [4.69, 9.17) is 0 Å². The molecule has 0 saturated carbocycles. The van der Waals surface area contributed by atoms with Gasteiger partial charge in [0, 0.05) is 24.1 Å². The van der Waals surface area contributed by atoms with Gasteiger partial charge >= 0.3 is 0 Å². The van der Waals surface area contributed by atoms with Gasteiger partial charge in [-0.2, -0.15) is 0 Å². The number of pyridine rings is 1. The monoisotopic (exact) mass is 339 g/mol. The van der Waals surface area contributed by atoms with Crippen LogP contribution in [0.1, 0.15) is 28.0 Å². The van der Waals surface area contributed by atoms with Crippen LogP contribution in [0, 0.1) is 6.92 Å². The maximum atomic E-state index is 12.2. The summed E-state index contributed by atoms with van der Waals surface area (Å²) in [7, 11) is 0. The first kappa shape index (κ1) is 18.3. The van der Waals surface area contributed by atoms with E-state index < -0.39 is 0 Å². The third-order valence-corrected chi connectivity index (χ3v) is 3.53. The van der Waals surface area contributed by atoms with Crippen molar-refractivity contribution in [3.05, 3.63) is 53.3 Å². The van der Waals surface area contributed by atoms with Crippen LogP contribution >= 0.6 is 24.8 Å². The van der Waals surface area contributed by atoms with Crippen molar-refractivity contribution in [1.82, 2.24) is 4.98 Å². The van der Waals surface area contributed by atoms with E-state index in [1.165, 1.54) is 11.3 Å². The third-order valence-electron chi connectivity index (χ3n) is 3.53. The molecule has 1 aliphatic rings. The highest BCUT2D eigenvalue weighted by Crippen LogP contribution is 2.25. The highest BCUT2D eigenvalue weighted by Gasteiger charge is 2.13. The minimum absolute atomic E-state index is 0. The Kier molecular flexibility index (Phi) is 6.65. The fraction of sp³-hybridized carbons (Fsp3) is 0.250. The highest BCUT2D eigenvalue weighted by atomic mass is 35.5. The summed E-state index contributed by atoms with van der Waals surface area (Å²) in [5, 5.41) is 6.28. The van der Waals surface area contributed by atoms with E-state index in [1.54, 1.807) is 6.20 Å². The predicted octanol–water partition coefficient (Wildman–Crippen LogP) is 3.84. The summed E-state index contributed by atoms with van der Waals surface area (Å²) in [5.74, 6) is -0.160. The van der Waals surface area contributed by atoms with Gasteiger partial charge in [-0.1, -0.05) is 6.07 Å². The summed E-state index contributed by atoms with van der Waals surface area (Å²) < 4.78 is 0. The van der Waals surface area contributed by atoms with Gasteiger partial charge in [-0.05, 0) is 55.2 Å². The number of hydrogen-bond acceptors (Lipinski definition) is 3. The molecular formula is C16H19Cl2N3O. The van der Waals surface area contributed by atoms with E-state index in [0.717, 1.165) is 30.6 Å². The largest absolute Gasteiger partial charge is 0.385 e. The Bertz CT molecular complexity index is 662. The third kappa shape index (κ3) is 3.90. The first-order valence-electron chi connectivity index (χ1n) is 6.84. The van der Waals surface area contributed by atoms with Crippen LogP contribution in [0.2, 0.25) is 0 Å². The van der Waals surface area contributed by atoms with E-state index in [2.05, 4.69) is 15.6 Å². The fourth-order valence-electron chi connectivity index (χ4n) is 2.47. The smallest absolute Gasteiger partial charge is 0.274 e. The van der Waals surface area contributed by atoms with Crippen LogP contribution in [0.3, 0.4) is 0 Å². The highest BCUT2D eigenvalue weighted by molar-refractivity contribution is 6.03. The number of anilines is 2. The minimum atomic E-state index is -0.160. The van der Waals surface area contributed by atoms with Gasteiger partial charge in [-0.3, -0.25) is 9.78 Å². The molecular weight excluding hydrogens is 321 g/mol. The number of aryl methyl sites for hydroxylation is 2. The summed E-state index contributed by atoms with van der Waals surface area (Å²) >= 11 is 0. The van der Waals surface area contributed by atoms with Crippen LogP contribution < -0.4 is 10.6 Å². The molecule has 2 aromatic rings. The number of rotatable bonds is 2. The molecule has 1 aromatic heterocycles. The number of aromatic nitrogens is 1. The molecule has 1 amide bonds. The Morgan fingerprint density at radius 3 is 2.86 bits per heavy atom. The maximum absolute atomic E-state index is 12.2. The van der Waals surface area contributed by atoms with Crippen LogP contribution in [0.4, 0.5) is 11.4 Å². The second-order valence-corrected chi connectivity index (χ2v) is 5.03. The Balaban J connectivity index is 0.00000121. The van der Waals surface area contributed by atoms with Crippen molar-refractivity contribution < 1.29 is 4.79 Å². The molecule has 118 valence electrons. The van der Waals surface area contributed by atoms with Crippen molar-refractivity contribution in [3.63, 3.8) is 0 Å². The van der Waals surface area contributed by atoms with Gasteiger partial charge in [0.25, 0.3) is 5.91 Å². The average Bonchev–Trinajstić information content (AvgIpc) is 2.47. The SMILES string of the molecule is Cc1cccnc1C(=O)Nc1ccc2c(c1)CCCN2.Cl.Cl. The zero-order valence-corrected chi connectivity index (χ0v) is 13.9. The number of fused-ring (bicyclic) bond motifs is 1. The van der Waals surface area contributed by atoms with Gasteiger partial charge < -0.3 is 10.6 Å². The van der Waals surface area contributed by atoms with Crippen molar-refractivity contribution in [1.29, 1.82) is 0 Å². The summed E-state index contributed by atoms with van der Waals surface area (Å²) in [4.78, 5) is 16.4. The number of carbonyl (C=O) groups excluding carboxylic acids is 1. The normalized spacial score (nSPS) is 12.0. The van der Waals surface area contributed by atoms with Crippen LogP contribution in [0.5, 0.6) is 0 Å². The molecule has 0 radical (unpaired) electrons. The first-order chi connectivity index (χ1) is 9.74. The fourth-order valence-corrected chi connectivity index (χ4v) is 2.47. The molecule has 0 unspecified atom stereocenters. The van der Waals surface area contributed by atoms with E-state index in [0.29, 0.717) is 5.69 Å². The second-order valence-electron chi connectivity index (χ2n) is 5.03. The Morgan fingerprint density at radius 2 is 2.09 bits per heavy atom. The van der Waals surface area contributed by atoms with Gasteiger partial charge in [-0.25, -0.2) is 0 Å². The molecule has 6 heteroatoms. The van der Waals surface area contributed by atoms with Crippen molar-refractivity contribution in [2.45, 2.75) is 19.8 Å². The minimum Gasteiger partial charge on any atom is -0.385 e. The number of hydrogen-bond donors (Lipinski definition) is 2. The average molecular weight is 340 g/mol. The molecule has 22 heavy (non-hydrogen) atoms. The molecule has 2 heterocycles. The van der Waals surface area contributed by atoms with E-state index in [1.807, 2.05) is 37.3 Å². The van der Waals surface area contributed by atoms with E-state index in [9.17, 15) is 4.79 Å². The molecule has 0 fully saturated rings.